The minimum atomic E-state index is -0.307. The highest BCUT2D eigenvalue weighted by Gasteiger charge is 2.19. The first-order chi connectivity index (χ1) is 15.9. The van der Waals surface area contributed by atoms with Gasteiger partial charge in [-0.05, 0) is 19.9 Å². The van der Waals surface area contributed by atoms with E-state index >= 15 is 0 Å². The van der Waals surface area contributed by atoms with Gasteiger partial charge < -0.3 is 20.6 Å². The summed E-state index contributed by atoms with van der Waals surface area (Å²) in [5, 5.41) is 16.1. The number of nitrogens with zero attached hydrogens (tertiary/aromatic N) is 6. The van der Waals surface area contributed by atoms with Crippen LogP contribution in [0, 0.1) is 13.8 Å². The van der Waals surface area contributed by atoms with Crippen molar-refractivity contribution >= 4 is 51.3 Å². The number of aliphatic hydroxyl groups is 1. The van der Waals surface area contributed by atoms with E-state index in [1.807, 2.05) is 13.0 Å². The summed E-state index contributed by atoms with van der Waals surface area (Å²) >= 11 is 7.40. The van der Waals surface area contributed by atoms with Crippen molar-refractivity contribution in [1.82, 2.24) is 24.8 Å². The molecule has 3 N–H and O–H groups in total. The monoisotopic (exact) mass is 488 g/mol. The summed E-state index contributed by atoms with van der Waals surface area (Å²) in [6, 6.07) is 3.51. The molecular formula is C21H25ClN8O2S. The van der Waals surface area contributed by atoms with Gasteiger partial charge in [-0.1, -0.05) is 22.9 Å². The molecule has 1 fully saturated rings. The maximum absolute atomic E-state index is 12.7. The summed E-state index contributed by atoms with van der Waals surface area (Å²) in [5.41, 5.74) is 1.13. The summed E-state index contributed by atoms with van der Waals surface area (Å²) in [6.07, 6.45) is 3.10. The number of thiazole rings is 1. The van der Waals surface area contributed by atoms with Crippen LogP contribution in [-0.2, 0) is 0 Å². The van der Waals surface area contributed by atoms with Crippen LogP contribution in [0.5, 0.6) is 0 Å². The van der Waals surface area contributed by atoms with E-state index < -0.39 is 0 Å². The lowest BCUT2D eigenvalue weighted by Crippen LogP contribution is -2.47. The Morgan fingerprint density at radius 3 is 2.73 bits per heavy atom. The average molecular weight is 489 g/mol. The highest BCUT2D eigenvalue weighted by atomic mass is 35.5. The molecule has 0 aliphatic carbocycles. The highest BCUT2D eigenvalue weighted by Crippen LogP contribution is 2.27. The van der Waals surface area contributed by atoms with E-state index in [-0.39, 0.29) is 12.5 Å². The van der Waals surface area contributed by atoms with Crippen molar-refractivity contribution in [3.63, 3.8) is 0 Å². The van der Waals surface area contributed by atoms with Crippen molar-refractivity contribution in [2.75, 3.05) is 54.9 Å². The van der Waals surface area contributed by atoms with E-state index in [0.717, 1.165) is 32.0 Å². The van der Waals surface area contributed by atoms with Crippen LogP contribution in [0.4, 0.5) is 22.5 Å². The molecule has 0 atom stereocenters. The second kappa shape index (κ2) is 10.4. The van der Waals surface area contributed by atoms with Gasteiger partial charge in [0.25, 0.3) is 5.91 Å². The molecule has 1 amide bonds. The normalized spacial score (nSPS) is 14.4. The third kappa shape index (κ3) is 5.74. The van der Waals surface area contributed by atoms with Crippen LogP contribution in [0.1, 0.15) is 21.2 Å². The van der Waals surface area contributed by atoms with Gasteiger partial charge >= 0.3 is 0 Å². The first-order valence-corrected chi connectivity index (χ1v) is 11.7. The Morgan fingerprint density at radius 1 is 1.21 bits per heavy atom. The van der Waals surface area contributed by atoms with Gasteiger partial charge in [0.2, 0.25) is 0 Å². The number of pyridine rings is 1. The van der Waals surface area contributed by atoms with Gasteiger partial charge in [0, 0.05) is 45.0 Å². The Labute approximate surface area is 200 Å². The number of amides is 1. The van der Waals surface area contributed by atoms with Crippen molar-refractivity contribution in [1.29, 1.82) is 0 Å². The van der Waals surface area contributed by atoms with E-state index in [1.165, 1.54) is 17.5 Å². The Morgan fingerprint density at radius 2 is 2.00 bits per heavy atom. The van der Waals surface area contributed by atoms with Gasteiger partial charge in [0.1, 0.15) is 22.3 Å². The number of aliphatic hydroxyl groups excluding tert-OH is 1. The number of hydrogen-bond donors (Lipinski definition) is 3. The number of anilines is 4. The molecule has 0 radical (unpaired) electrons. The molecule has 0 aromatic carbocycles. The second-order valence-electron chi connectivity index (χ2n) is 7.57. The van der Waals surface area contributed by atoms with Crippen molar-refractivity contribution in [3.05, 3.63) is 45.9 Å². The maximum Gasteiger partial charge on any atom is 0.267 e. The molecule has 4 heterocycles. The number of carbonyl (C=O) groups is 1. The second-order valence-corrected chi connectivity index (χ2v) is 9.01. The van der Waals surface area contributed by atoms with Crippen molar-refractivity contribution < 1.29 is 9.90 Å². The smallest absolute Gasteiger partial charge is 0.267 e. The molecule has 3 aromatic heterocycles. The Kier molecular flexibility index (Phi) is 7.33. The van der Waals surface area contributed by atoms with Crippen LogP contribution in [0.15, 0.2) is 24.5 Å². The summed E-state index contributed by atoms with van der Waals surface area (Å²) < 4.78 is 0. The van der Waals surface area contributed by atoms with E-state index in [0.29, 0.717) is 44.6 Å². The van der Waals surface area contributed by atoms with Crippen molar-refractivity contribution in [2.24, 2.45) is 0 Å². The number of aryl methyl sites for hydroxylation is 2. The van der Waals surface area contributed by atoms with Crippen LogP contribution in [0.3, 0.4) is 0 Å². The molecule has 1 saturated heterocycles. The largest absolute Gasteiger partial charge is 0.395 e. The zero-order valence-corrected chi connectivity index (χ0v) is 19.9. The van der Waals surface area contributed by atoms with Crippen LogP contribution < -0.4 is 15.5 Å². The van der Waals surface area contributed by atoms with Gasteiger partial charge in [0.15, 0.2) is 5.13 Å². The zero-order chi connectivity index (χ0) is 23.4. The number of aromatic nitrogens is 4. The zero-order valence-electron chi connectivity index (χ0n) is 18.4. The SMILES string of the molecule is Cc1nc(Nc2ncc(C(=O)Nc3c(Cl)ccnc3C)s2)cc(N2CCN(CCO)CC2)n1. The summed E-state index contributed by atoms with van der Waals surface area (Å²) in [7, 11) is 0. The fourth-order valence-corrected chi connectivity index (χ4v) is 4.49. The molecule has 0 spiro atoms. The first kappa shape index (κ1) is 23.3. The molecule has 4 rings (SSSR count). The minimum Gasteiger partial charge on any atom is -0.395 e. The first-order valence-electron chi connectivity index (χ1n) is 10.5. The summed E-state index contributed by atoms with van der Waals surface area (Å²) in [4.78, 5) is 35.0. The Balaban J connectivity index is 1.43. The topological polar surface area (TPSA) is 119 Å². The molecule has 3 aromatic rings. The van der Waals surface area contributed by atoms with Gasteiger partial charge in [-0.3, -0.25) is 14.7 Å². The predicted molar refractivity (Wildman–Crippen MR) is 130 cm³/mol. The number of rotatable bonds is 7. The van der Waals surface area contributed by atoms with Crippen LogP contribution in [0.2, 0.25) is 5.02 Å². The van der Waals surface area contributed by atoms with Crippen LogP contribution in [0.25, 0.3) is 0 Å². The molecule has 0 bridgehead atoms. The van der Waals surface area contributed by atoms with Crippen molar-refractivity contribution in [2.45, 2.75) is 13.8 Å². The van der Waals surface area contributed by atoms with E-state index in [1.54, 1.807) is 19.2 Å². The predicted octanol–water partition coefficient (Wildman–Crippen LogP) is 2.71. The maximum atomic E-state index is 12.7. The molecular weight excluding hydrogens is 464 g/mol. The molecule has 0 saturated carbocycles. The van der Waals surface area contributed by atoms with Gasteiger partial charge in [-0.2, -0.15) is 0 Å². The minimum absolute atomic E-state index is 0.170. The third-order valence-electron chi connectivity index (χ3n) is 5.23. The number of hydrogen-bond acceptors (Lipinski definition) is 10. The average Bonchev–Trinajstić information content (AvgIpc) is 3.25. The Hall–Kier alpha value is -2.86. The van der Waals surface area contributed by atoms with Gasteiger partial charge in [0.05, 0.1) is 29.2 Å². The summed E-state index contributed by atoms with van der Waals surface area (Å²) in [6.45, 7) is 7.89. The fraction of sp³-hybridized carbons (Fsp3) is 0.381. The molecule has 1 aliphatic heterocycles. The lowest BCUT2D eigenvalue weighted by Gasteiger charge is -2.35. The van der Waals surface area contributed by atoms with E-state index in [4.69, 9.17) is 16.7 Å². The molecule has 174 valence electrons. The number of nitrogens with one attached hydrogen (secondary N) is 2. The third-order valence-corrected chi connectivity index (χ3v) is 6.46. The van der Waals surface area contributed by atoms with E-state index in [2.05, 4.69) is 40.4 Å². The molecule has 0 unspecified atom stereocenters. The number of β-amino-alcohol motifs (C(OH)–C–C–N with tert-alkyl or cyclic N) is 1. The van der Waals surface area contributed by atoms with Crippen molar-refractivity contribution in [3.8, 4) is 0 Å². The van der Waals surface area contributed by atoms with Crippen LogP contribution in [-0.4, -0.2) is 75.2 Å². The van der Waals surface area contributed by atoms with E-state index in [9.17, 15) is 4.79 Å². The molecule has 12 heteroatoms. The number of halogens is 1. The molecule has 1 aliphatic rings. The molecule has 10 nitrogen and oxygen atoms in total. The fourth-order valence-electron chi connectivity index (χ4n) is 3.53. The Bertz CT molecular complexity index is 1110. The number of carbonyl (C=O) groups excluding carboxylic acids is 1. The number of piperazine rings is 1. The lowest BCUT2D eigenvalue weighted by atomic mass is 10.3. The summed E-state index contributed by atoms with van der Waals surface area (Å²) in [5.74, 6) is 1.79. The quantitative estimate of drug-likeness (QED) is 0.461. The highest BCUT2D eigenvalue weighted by molar-refractivity contribution is 7.17. The lowest BCUT2D eigenvalue weighted by molar-refractivity contribution is 0.103. The van der Waals surface area contributed by atoms with Crippen LogP contribution >= 0.6 is 22.9 Å². The van der Waals surface area contributed by atoms with Gasteiger partial charge in [-0.15, -0.1) is 0 Å². The molecule has 33 heavy (non-hydrogen) atoms. The standard InChI is InChI=1S/C21H25ClN8O2S/c1-13-19(15(22)3-4-23-13)28-20(32)16-12-24-21(33-16)27-17-11-18(26-14(2)25-17)30-7-5-29(6-8-30)9-10-31/h3-4,11-12,31H,5-10H2,1-2H3,(H,28,32)(H,24,25,26,27). The van der Waals surface area contributed by atoms with Gasteiger partial charge in [-0.25, -0.2) is 15.0 Å².